The summed E-state index contributed by atoms with van der Waals surface area (Å²) >= 11 is 4.51. The standard InChI is InChI=1S/C11H7NO3S2.Na/c13-17(14,15)11-6-5-10(12-7-16)8-3-1-2-4-9(8)11;/h1-6H,(H,13,14,15);/q;+1/p-1. The first kappa shape index (κ1) is 15.5. The van der Waals surface area contributed by atoms with E-state index in [2.05, 4.69) is 22.4 Å². The maximum Gasteiger partial charge on any atom is 1.00 e. The van der Waals surface area contributed by atoms with E-state index in [4.69, 9.17) is 0 Å². The van der Waals surface area contributed by atoms with Gasteiger partial charge in [-0.15, -0.1) is 0 Å². The number of aliphatic imine (C=N–C) groups is 1. The quantitative estimate of drug-likeness (QED) is 0.323. The first-order valence-electron chi connectivity index (χ1n) is 4.59. The molecular formula is C11H6NNaO3S2. The zero-order valence-corrected chi connectivity index (χ0v) is 13.1. The molecule has 86 valence electrons. The number of nitrogens with zero attached hydrogens (tertiary/aromatic N) is 1. The van der Waals surface area contributed by atoms with E-state index < -0.39 is 10.1 Å². The Morgan fingerprint density at radius 1 is 1.11 bits per heavy atom. The Labute approximate surface area is 132 Å². The maximum absolute atomic E-state index is 11.1. The predicted molar refractivity (Wildman–Crippen MR) is 66.6 cm³/mol. The van der Waals surface area contributed by atoms with Gasteiger partial charge in [0.1, 0.15) is 10.1 Å². The minimum absolute atomic E-state index is 0. The van der Waals surface area contributed by atoms with E-state index in [0.717, 1.165) is 0 Å². The van der Waals surface area contributed by atoms with Crippen molar-refractivity contribution < 1.29 is 42.5 Å². The van der Waals surface area contributed by atoms with Crippen LogP contribution in [0.5, 0.6) is 0 Å². The summed E-state index contributed by atoms with van der Waals surface area (Å²) in [4.78, 5) is 3.57. The molecule has 18 heavy (non-hydrogen) atoms. The molecule has 0 amide bonds. The van der Waals surface area contributed by atoms with Crippen molar-refractivity contribution in [1.29, 1.82) is 0 Å². The van der Waals surface area contributed by atoms with Gasteiger partial charge in [-0.1, -0.05) is 24.3 Å². The summed E-state index contributed by atoms with van der Waals surface area (Å²) in [5.41, 5.74) is 0.489. The van der Waals surface area contributed by atoms with E-state index in [1.807, 2.05) is 0 Å². The molecule has 0 heterocycles. The molecule has 0 radical (unpaired) electrons. The molecule has 0 saturated heterocycles. The average molecular weight is 287 g/mol. The second-order valence-electron chi connectivity index (χ2n) is 3.29. The number of isothiocyanates is 1. The smallest absolute Gasteiger partial charge is 0.744 e. The third kappa shape index (κ3) is 3.05. The van der Waals surface area contributed by atoms with Crippen LogP contribution < -0.4 is 29.6 Å². The van der Waals surface area contributed by atoms with E-state index in [1.165, 1.54) is 12.1 Å². The number of thiocarbonyl (C=S) groups is 1. The Morgan fingerprint density at radius 2 is 1.72 bits per heavy atom. The molecule has 0 aromatic heterocycles. The van der Waals surface area contributed by atoms with E-state index in [1.54, 1.807) is 24.3 Å². The SMILES string of the molecule is O=S(=O)([O-])c1ccc(N=C=S)c2ccccc12.[Na+]. The van der Waals surface area contributed by atoms with Crippen molar-refractivity contribution >= 4 is 44.0 Å². The van der Waals surface area contributed by atoms with Crippen LogP contribution in [-0.4, -0.2) is 18.1 Å². The second-order valence-corrected chi connectivity index (χ2v) is 4.82. The second kappa shape index (κ2) is 6.04. The van der Waals surface area contributed by atoms with Gasteiger partial charge in [0.25, 0.3) is 0 Å². The fourth-order valence-electron chi connectivity index (χ4n) is 1.62. The Hall–Kier alpha value is -0.590. The Bertz CT molecular complexity index is 737. The molecule has 0 spiro atoms. The summed E-state index contributed by atoms with van der Waals surface area (Å²) < 4.78 is 33.3. The van der Waals surface area contributed by atoms with Gasteiger partial charge >= 0.3 is 29.6 Å². The number of benzene rings is 2. The van der Waals surface area contributed by atoms with E-state index in [9.17, 15) is 13.0 Å². The van der Waals surface area contributed by atoms with Gasteiger partial charge in [0, 0.05) is 10.8 Å². The third-order valence-corrected chi connectivity index (χ3v) is 3.28. The van der Waals surface area contributed by atoms with E-state index >= 15 is 0 Å². The molecule has 0 bridgehead atoms. The summed E-state index contributed by atoms with van der Waals surface area (Å²) in [5, 5.41) is 3.11. The van der Waals surface area contributed by atoms with Crippen LogP contribution in [0, 0.1) is 0 Å². The molecule has 0 N–H and O–H groups in total. The van der Waals surface area contributed by atoms with Crippen LogP contribution in [0.1, 0.15) is 0 Å². The van der Waals surface area contributed by atoms with Gasteiger partial charge in [-0.05, 0) is 24.4 Å². The van der Waals surface area contributed by atoms with Crippen molar-refractivity contribution in [3.05, 3.63) is 36.4 Å². The van der Waals surface area contributed by atoms with Crippen molar-refractivity contribution in [2.45, 2.75) is 4.90 Å². The normalized spacial score (nSPS) is 10.5. The van der Waals surface area contributed by atoms with Gasteiger partial charge < -0.3 is 4.55 Å². The summed E-state index contributed by atoms with van der Waals surface area (Å²) in [6.45, 7) is 0. The van der Waals surface area contributed by atoms with Gasteiger partial charge in [0.15, 0.2) is 0 Å². The van der Waals surface area contributed by atoms with Crippen LogP contribution in [0.2, 0.25) is 0 Å². The predicted octanol–water partition coefficient (Wildman–Crippen LogP) is -0.518. The molecule has 0 atom stereocenters. The monoisotopic (exact) mass is 287 g/mol. The topological polar surface area (TPSA) is 69.6 Å². The summed E-state index contributed by atoms with van der Waals surface area (Å²) in [6, 6.07) is 9.29. The first-order valence-corrected chi connectivity index (χ1v) is 6.41. The van der Waals surface area contributed by atoms with Crippen LogP contribution in [-0.2, 0) is 10.1 Å². The minimum Gasteiger partial charge on any atom is -0.744 e. The number of fused-ring (bicyclic) bond motifs is 1. The number of rotatable bonds is 2. The van der Waals surface area contributed by atoms with E-state index in [-0.39, 0.29) is 34.5 Å². The van der Waals surface area contributed by atoms with Crippen LogP contribution in [0.3, 0.4) is 0 Å². The Morgan fingerprint density at radius 3 is 2.28 bits per heavy atom. The fourth-order valence-corrected chi connectivity index (χ4v) is 2.40. The van der Waals surface area contributed by atoms with Crippen LogP contribution >= 0.6 is 12.2 Å². The van der Waals surface area contributed by atoms with Gasteiger partial charge in [0.2, 0.25) is 0 Å². The van der Waals surface area contributed by atoms with Crippen molar-refractivity contribution in [3.63, 3.8) is 0 Å². The molecule has 0 saturated carbocycles. The molecule has 7 heteroatoms. The van der Waals surface area contributed by atoms with Crippen molar-refractivity contribution in [1.82, 2.24) is 0 Å². The molecule has 0 aliphatic carbocycles. The van der Waals surface area contributed by atoms with Gasteiger partial charge in [-0.25, -0.2) is 8.42 Å². The minimum atomic E-state index is -4.50. The van der Waals surface area contributed by atoms with Crippen LogP contribution in [0.25, 0.3) is 10.8 Å². The first-order chi connectivity index (χ1) is 8.04. The molecule has 2 aromatic rings. The molecule has 0 aliphatic rings. The van der Waals surface area contributed by atoms with Gasteiger partial charge in [0.05, 0.1) is 15.7 Å². The number of hydrogen-bond donors (Lipinski definition) is 0. The summed E-state index contributed by atoms with van der Waals surface area (Å²) in [7, 11) is -4.50. The van der Waals surface area contributed by atoms with Crippen molar-refractivity contribution in [2.24, 2.45) is 4.99 Å². The van der Waals surface area contributed by atoms with Crippen molar-refractivity contribution in [2.75, 3.05) is 0 Å². The molecule has 2 aromatic carbocycles. The molecule has 0 fully saturated rings. The fraction of sp³-hybridized carbons (Fsp3) is 0. The number of hydrogen-bond acceptors (Lipinski definition) is 5. The Kier molecular flexibility index (Phi) is 5.19. The molecule has 0 unspecified atom stereocenters. The molecule has 2 rings (SSSR count). The summed E-state index contributed by atoms with van der Waals surface area (Å²) in [6.07, 6.45) is 0. The Balaban J connectivity index is 0.00000162. The third-order valence-electron chi connectivity index (χ3n) is 2.30. The zero-order valence-electron chi connectivity index (χ0n) is 9.45. The van der Waals surface area contributed by atoms with E-state index in [0.29, 0.717) is 16.5 Å². The zero-order chi connectivity index (χ0) is 12.5. The molecular weight excluding hydrogens is 281 g/mol. The van der Waals surface area contributed by atoms with Crippen LogP contribution in [0.15, 0.2) is 46.3 Å². The molecule has 4 nitrogen and oxygen atoms in total. The summed E-state index contributed by atoms with van der Waals surface area (Å²) in [5.74, 6) is 0. The van der Waals surface area contributed by atoms with Gasteiger partial charge in [-0.3, -0.25) is 0 Å². The largest absolute Gasteiger partial charge is 1.00 e. The van der Waals surface area contributed by atoms with Crippen molar-refractivity contribution in [3.8, 4) is 0 Å². The molecule has 0 aliphatic heterocycles. The van der Waals surface area contributed by atoms with Crippen LogP contribution in [0.4, 0.5) is 5.69 Å². The maximum atomic E-state index is 11.1. The van der Waals surface area contributed by atoms with Gasteiger partial charge in [-0.2, -0.15) is 4.99 Å². The average Bonchev–Trinajstić information content (AvgIpc) is 2.28.